The monoisotopic (exact) mass is 382 g/mol. The van der Waals surface area contributed by atoms with Crippen molar-refractivity contribution >= 4 is 18.4 Å². The van der Waals surface area contributed by atoms with Crippen LogP contribution in [0.1, 0.15) is 31.9 Å². The molecule has 27 heavy (non-hydrogen) atoms. The van der Waals surface area contributed by atoms with Crippen molar-refractivity contribution < 1.29 is 9.84 Å². The average molecular weight is 382 g/mol. The van der Waals surface area contributed by atoms with Crippen LogP contribution in [-0.4, -0.2) is 33.3 Å². The Morgan fingerprint density at radius 2 is 1.89 bits per heavy atom. The first-order chi connectivity index (χ1) is 12.8. The number of nitrogens with zero attached hydrogens (tertiary/aromatic N) is 3. The Balaban J connectivity index is 1.97. The van der Waals surface area contributed by atoms with Crippen molar-refractivity contribution in [2.45, 2.75) is 26.2 Å². The van der Waals surface area contributed by atoms with E-state index in [1.54, 1.807) is 18.2 Å². The molecule has 7 heteroatoms. The third-order valence-corrected chi connectivity index (χ3v) is 4.49. The summed E-state index contributed by atoms with van der Waals surface area (Å²) in [6.07, 6.45) is 1.52. The Hall–Kier alpha value is -2.93. The first kappa shape index (κ1) is 18.8. The molecule has 0 aliphatic heterocycles. The highest BCUT2D eigenvalue weighted by Crippen LogP contribution is 2.28. The van der Waals surface area contributed by atoms with E-state index >= 15 is 0 Å². The van der Waals surface area contributed by atoms with Crippen LogP contribution < -0.4 is 4.74 Å². The minimum Gasteiger partial charge on any atom is -0.504 e. The van der Waals surface area contributed by atoms with Gasteiger partial charge in [-0.05, 0) is 35.3 Å². The molecule has 0 aliphatic rings. The second-order valence-corrected chi connectivity index (χ2v) is 7.52. The summed E-state index contributed by atoms with van der Waals surface area (Å²) in [6.45, 7) is 6.51. The lowest BCUT2D eigenvalue weighted by molar-refractivity contribution is 0.373. The highest BCUT2D eigenvalue weighted by atomic mass is 32.1. The van der Waals surface area contributed by atoms with Gasteiger partial charge in [-0.2, -0.15) is 14.9 Å². The number of para-hydroxylation sites is 1. The number of aromatic amines is 1. The molecule has 3 rings (SSSR count). The maximum atomic E-state index is 10.2. The lowest BCUT2D eigenvalue weighted by Crippen LogP contribution is -2.10. The number of ether oxygens (including phenoxy) is 1. The molecule has 3 aromatic rings. The van der Waals surface area contributed by atoms with Gasteiger partial charge in [0, 0.05) is 11.1 Å². The molecule has 140 valence electrons. The summed E-state index contributed by atoms with van der Waals surface area (Å²) in [4.78, 5) is 0. The molecule has 0 bridgehead atoms. The zero-order valence-corrected chi connectivity index (χ0v) is 16.5. The van der Waals surface area contributed by atoms with Crippen LogP contribution in [0.4, 0.5) is 0 Å². The molecule has 1 heterocycles. The molecule has 2 aromatic carbocycles. The Kier molecular flexibility index (Phi) is 5.14. The molecule has 0 spiro atoms. The smallest absolute Gasteiger partial charge is 0.216 e. The zero-order valence-electron chi connectivity index (χ0n) is 15.7. The van der Waals surface area contributed by atoms with Crippen molar-refractivity contribution in [2.24, 2.45) is 5.10 Å². The van der Waals surface area contributed by atoms with Gasteiger partial charge in [0.15, 0.2) is 17.3 Å². The van der Waals surface area contributed by atoms with Gasteiger partial charge in [0.2, 0.25) is 4.77 Å². The van der Waals surface area contributed by atoms with E-state index in [2.05, 4.69) is 48.2 Å². The van der Waals surface area contributed by atoms with E-state index in [0.29, 0.717) is 21.9 Å². The SMILES string of the molecule is COc1cccc(/C=N\n2c(-c3ccc(C(C)(C)C)cc3)n[nH]c2=S)c1O. The fourth-order valence-electron chi connectivity index (χ4n) is 2.63. The largest absolute Gasteiger partial charge is 0.504 e. The van der Waals surface area contributed by atoms with Crippen LogP contribution >= 0.6 is 12.2 Å². The standard InChI is InChI=1S/C20H22N4O2S/c1-20(2,3)15-10-8-13(9-11-15)18-22-23-19(27)24(18)21-12-14-6-5-7-16(26-4)17(14)25/h5-12,25H,1-4H3,(H,23,27)/b21-12-. The van der Waals surface area contributed by atoms with Gasteiger partial charge in [0.25, 0.3) is 0 Å². The van der Waals surface area contributed by atoms with Crippen LogP contribution in [0.3, 0.4) is 0 Å². The number of aromatic hydroxyl groups is 1. The van der Waals surface area contributed by atoms with E-state index in [0.717, 1.165) is 5.56 Å². The van der Waals surface area contributed by atoms with E-state index in [1.165, 1.54) is 23.6 Å². The molecule has 0 saturated carbocycles. The average Bonchev–Trinajstić information content (AvgIpc) is 3.01. The van der Waals surface area contributed by atoms with Gasteiger partial charge in [-0.25, -0.2) is 5.10 Å². The first-order valence-electron chi connectivity index (χ1n) is 8.50. The molecule has 0 amide bonds. The number of H-pyrrole nitrogens is 1. The van der Waals surface area contributed by atoms with Crippen molar-refractivity contribution in [3.63, 3.8) is 0 Å². The minimum absolute atomic E-state index is 0.0230. The third kappa shape index (κ3) is 3.93. The van der Waals surface area contributed by atoms with Crippen molar-refractivity contribution in [2.75, 3.05) is 7.11 Å². The van der Waals surface area contributed by atoms with Gasteiger partial charge >= 0.3 is 0 Å². The second-order valence-electron chi connectivity index (χ2n) is 7.13. The maximum absolute atomic E-state index is 10.2. The summed E-state index contributed by atoms with van der Waals surface area (Å²) in [5.41, 5.74) is 2.72. The normalized spacial score (nSPS) is 11.9. The summed E-state index contributed by atoms with van der Waals surface area (Å²) >= 11 is 5.30. The van der Waals surface area contributed by atoms with E-state index in [1.807, 2.05) is 12.1 Å². The number of phenolic OH excluding ortho intramolecular Hbond substituents is 1. The topological polar surface area (TPSA) is 75.4 Å². The molecule has 0 atom stereocenters. The molecule has 0 radical (unpaired) electrons. The van der Waals surface area contributed by atoms with E-state index < -0.39 is 0 Å². The number of rotatable bonds is 4. The van der Waals surface area contributed by atoms with Crippen molar-refractivity contribution in [1.29, 1.82) is 0 Å². The number of hydrogen-bond acceptors (Lipinski definition) is 5. The summed E-state index contributed by atoms with van der Waals surface area (Å²) in [5.74, 6) is 1.00. The molecular formula is C20H22N4O2S. The predicted molar refractivity (Wildman–Crippen MR) is 109 cm³/mol. The van der Waals surface area contributed by atoms with Gasteiger partial charge in [-0.1, -0.05) is 51.1 Å². The molecule has 1 aromatic heterocycles. The van der Waals surface area contributed by atoms with Crippen LogP contribution in [0.2, 0.25) is 0 Å². The van der Waals surface area contributed by atoms with Crippen molar-refractivity contribution in [3.8, 4) is 22.9 Å². The molecule has 0 fully saturated rings. The summed E-state index contributed by atoms with van der Waals surface area (Å²) in [5, 5.41) is 21.7. The number of nitrogens with one attached hydrogen (secondary N) is 1. The zero-order chi connectivity index (χ0) is 19.6. The quantitative estimate of drug-likeness (QED) is 0.514. The number of aromatic nitrogens is 3. The van der Waals surface area contributed by atoms with Gasteiger partial charge < -0.3 is 9.84 Å². The summed E-state index contributed by atoms with van der Waals surface area (Å²) in [7, 11) is 1.50. The van der Waals surface area contributed by atoms with Crippen LogP contribution in [0.15, 0.2) is 47.6 Å². The van der Waals surface area contributed by atoms with Crippen LogP contribution in [0.25, 0.3) is 11.4 Å². The van der Waals surface area contributed by atoms with E-state index in [9.17, 15) is 5.11 Å². The van der Waals surface area contributed by atoms with Gasteiger partial charge in [0.1, 0.15) is 0 Å². The molecule has 0 saturated heterocycles. The Labute approximate surface area is 163 Å². The van der Waals surface area contributed by atoms with Crippen molar-refractivity contribution in [1.82, 2.24) is 14.9 Å². The first-order valence-corrected chi connectivity index (χ1v) is 8.91. The fourth-order valence-corrected chi connectivity index (χ4v) is 2.81. The predicted octanol–water partition coefficient (Wildman–Crippen LogP) is 4.50. The highest BCUT2D eigenvalue weighted by Gasteiger charge is 2.15. The lowest BCUT2D eigenvalue weighted by atomic mass is 9.87. The lowest BCUT2D eigenvalue weighted by Gasteiger charge is -2.18. The highest BCUT2D eigenvalue weighted by molar-refractivity contribution is 7.71. The summed E-state index contributed by atoms with van der Waals surface area (Å²) in [6, 6.07) is 13.4. The number of hydrogen-bond donors (Lipinski definition) is 2. The third-order valence-electron chi connectivity index (χ3n) is 4.22. The Morgan fingerprint density at radius 3 is 2.52 bits per heavy atom. The molecular weight excluding hydrogens is 360 g/mol. The Morgan fingerprint density at radius 1 is 1.19 bits per heavy atom. The van der Waals surface area contributed by atoms with Gasteiger partial charge in [-0.15, -0.1) is 0 Å². The number of methoxy groups -OCH3 is 1. The van der Waals surface area contributed by atoms with E-state index in [-0.39, 0.29) is 11.2 Å². The summed E-state index contributed by atoms with van der Waals surface area (Å²) < 4.78 is 7.01. The molecule has 2 N–H and O–H groups in total. The van der Waals surface area contributed by atoms with Crippen LogP contribution in [0, 0.1) is 4.77 Å². The van der Waals surface area contributed by atoms with Gasteiger partial charge in [-0.3, -0.25) is 0 Å². The van der Waals surface area contributed by atoms with Crippen molar-refractivity contribution in [3.05, 3.63) is 58.4 Å². The Bertz CT molecular complexity index is 1030. The van der Waals surface area contributed by atoms with Gasteiger partial charge in [0.05, 0.1) is 13.3 Å². The van der Waals surface area contributed by atoms with E-state index in [4.69, 9.17) is 17.0 Å². The molecule has 6 nitrogen and oxygen atoms in total. The number of benzene rings is 2. The van der Waals surface area contributed by atoms with Crippen LogP contribution in [0.5, 0.6) is 11.5 Å². The molecule has 0 unspecified atom stereocenters. The number of phenols is 1. The minimum atomic E-state index is 0.0230. The maximum Gasteiger partial charge on any atom is 0.216 e. The molecule has 0 aliphatic carbocycles. The van der Waals surface area contributed by atoms with Crippen LogP contribution in [-0.2, 0) is 5.41 Å². The second kappa shape index (κ2) is 7.36. The fraction of sp³-hybridized carbons (Fsp3) is 0.250.